The van der Waals surface area contributed by atoms with E-state index < -0.39 is 16.0 Å². The fraction of sp³-hybridized carbons (Fsp3) is 0.615. The smallest absolute Gasteiger partial charge is 0.349 e. The highest BCUT2D eigenvalue weighted by molar-refractivity contribution is 7.89. The van der Waals surface area contributed by atoms with Gasteiger partial charge in [0.25, 0.3) is 0 Å². The van der Waals surface area contributed by atoms with Gasteiger partial charge in [-0.1, -0.05) is 6.42 Å². The van der Waals surface area contributed by atoms with Crippen molar-refractivity contribution in [2.45, 2.75) is 37.1 Å². The number of ether oxygens (including phenoxy) is 1. The number of thiophene rings is 1. The number of halogens is 1. The summed E-state index contributed by atoms with van der Waals surface area (Å²) >= 11 is 1.08. The molecular weight excluding hydrogens is 348 g/mol. The van der Waals surface area contributed by atoms with Crippen molar-refractivity contribution in [2.24, 2.45) is 11.7 Å². The third-order valence-electron chi connectivity index (χ3n) is 3.83. The average molecular weight is 369 g/mol. The second-order valence-corrected chi connectivity index (χ2v) is 7.75. The Balaban J connectivity index is 0.00000242. The summed E-state index contributed by atoms with van der Waals surface area (Å²) in [5.41, 5.74) is 6.24. The molecule has 6 nitrogen and oxygen atoms in total. The van der Waals surface area contributed by atoms with Gasteiger partial charge < -0.3 is 10.5 Å². The van der Waals surface area contributed by atoms with Crippen LogP contribution in [0.2, 0.25) is 0 Å². The summed E-state index contributed by atoms with van der Waals surface area (Å²) in [6, 6.07) is -0.162. The van der Waals surface area contributed by atoms with Gasteiger partial charge in [-0.3, -0.25) is 0 Å². The molecule has 126 valence electrons. The van der Waals surface area contributed by atoms with E-state index in [-0.39, 0.29) is 34.1 Å². The lowest BCUT2D eigenvalue weighted by molar-refractivity contribution is 0.0602. The fourth-order valence-electron chi connectivity index (χ4n) is 2.73. The monoisotopic (exact) mass is 368 g/mol. The summed E-state index contributed by atoms with van der Waals surface area (Å²) < 4.78 is 32.6. The van der Waals surface area contributed by atoms with E-state index >= 15 is 0 Å². The first-order chi connectivity index (χ1) is 9.90. The Labute approximate surface area is 140 Å². The number of carbonyl (C=O) groups is 1. The molecule has 1 aromatic rings. The summed E-state index contributed by atoms with van der Waals surface area (Å²) in [4.78, 5) is 11.9. The van der Waals surface area contributed by atoms with Gasteiger partial charge in [0.15, 0.2) is 0 Å². The number of nitrogens with two attached hydrogens (primary N) is 1. The molecule has 22 heavy (non-hydrogen) atoms. The molecule has 1 fully saturated rings. The lowest BCUT2D eigenvalue weighted by Crippen LogP contribution is -2.40. The molecule has 0 radical (unpaired) electrons. The molecule has 0 aromatic carbocycles. The summed E-state index contributed by atoms with van der Waals surface area (Å²) in [6.45, 7) is 2.13. The van der Waals surface area contributed by atoms with Crippen LogP contribution in [0.25, 0.3) is 0 Å². The van der Waals surface area contributed by atoms with Gasteiger partial charge in [0.2, 0.25) is 10.0 Å². The summed E-state index contributed by atoms with van der Waals surface area (Å²) in [5, 5.41) is 1.65. The van der Waals surface area contributed by atoms with Crippen LogP contribution in [0.15, 0.2) is 10.3 Å². The first-order valence-corrected chi connectivity index (χ1v) is 9.15. The van der Waals surface area contributed by atoms with Crippen molar-refractivity contribution < 1.29 is 17.9 Å². The highest BCUT2D eigenvalue weighted by Crippen LogP contribution is 2.30. The van der Waals surface area contributed by atoms with Crippen LogP contribution in [0.3, 0.4) is 0 Å². The van der Waals surface area contributed by atoms with Gasteiger partial charge in [-0.05, 0) is 43.2 Å². The van der Waals surface area contributed by atoms with Crippen LogP contribution in [0.4, 0.5) is 0 Å². The summed E-state index contributed by atoms with van der Waals surface area (Å²) in [5.74, 6) is -0.476. The van der Waals surface area contributed by atoms with Crippen LogP contribution in [0, 0.1) is 12.8 Å². The molecule has 2 unspecified atom stereocenters. The standard InChI is InChI=1S/C13H20N2O4S2.ClH/c1-8-7-20-11(13(16)19-2)12(8)21(17,18)15-10-5-3-4-9(10)6-14;/h7,9-10,15H,3-6,14H2,1-2H3;1H. The summed E-state index contributed by atoms with van der Waals surface area (Å²) in [7, 11) is -2.52. The maximum absolute atomic E-state index is 12.6. The minimum Gasteiger partial charge on any atom is -0.465 e. The van der Waals surface area contributed by atoms with Gasteiger partial charge >= 0.3 is 5.97 Å². The number of rotatable bonds is 5. The molecule has 0 spiro atoms. The molecule has 1 aromatic heterocycles. The Morgan fingerprint density at radius 1 is 1.50 bits per heavy atom. The third-order valence-corrected chi connectivity index (χ3v) is 6.71. The number of nitrogens with one attached hydrogen (secondary N) is 1. The van der Waals surface area contributed by atoms with Crippen LogP contribution >= 0.6 is 23.7 Å². The largest absolute Gasteiger partial charge is 0.465 e. The number of hydrogen-bond donors (Lipinski definition) is 2. The predicted octanol–water partition coefficient (Wildman–Crippen LogP) is 1.67. The number of sulfonamides is 1. The maximum atomic E-state index is 12.6. The lowest BCUT2D eigenvalue weighted by Gasteiger charge is -2.19. The molecule has 1 heterocycles. The van der Waals surface area contributed by atoms with Crippen molar-refractivity contribution in [1.29, 1.82) is 0 Å². The quantitative estimate of drug-likeness (QED) is 0.770. The van der Waals surface area contributed by atoms with E-state index in [0.29, 0.717) is 12.1 Å². The summed E-state index contributed by atoms with van der Waals surface area (Å²) in [6.07, 6.45) is 2.66. The SMILES string of the molecule is COC(=O)c1scc(C)c1S(=O)(=O)NC1CCCC1CN.Cl. The minimum atomic E-state index is -3.76. The van der Waals surface area contributed by atoms with Crippen LogP contribution in [-0.2, 0) is 14.8 Å². The Morgan fingerprint density at radius 2 is 2.18 bits per heavy atom. The van der Waals surface area contributed by atoms with E-state index in [9.17, 15) is 13.2 Å². The van der Waals surface area contributed by atoms with E-state index in [1.165, 1.54) is 7.11 Å². The number of esters is 1. The minimum absolute atomic E-state index is 0. The van der Waals surface area contributed by atoms with Crippen LogP contribution in [-0.4, -0.2) is 34.1 Å². The van der Waals surface area contributed by atoms with Crippen LogP contribution < -0.4 is 10.5 Å². The van der Waals surface area contributed by atoms with Crippen molar-refractivity contribution in [3.63, 3.8) is 0 Å². The zero-order valence-corrected chi connectivity index (χ0v) is 14.9. The van der Waals surface area contributed by atoms with Gasteiger partial charge in [-0.15, -0.1) is 23.7 Å². The molecule has 0 bridgehead atoms. The molecule has 3 N–H and O–H groups in total. The number of hydrogen-bond acceptors (Lipinski definition) is 6. The van der Waals surface area contributed by atoms with Crippen molar-refractivity contribution >= 4 is 39.7 Å². The molecule has 1 saturated carbocycles. The zero-order valence-electron chi connectivity index (χ0n) is 12.5. The Hall–Kier alpha value is -0.670. The highest BCUT2D eigenvalue weighted by atomic mass is 35.5. The molecule has 2 atom stereocenters. The molecular formula is C13H21ClN2O4S2. The molecule has 0 aliphatic heterocycles. The van der Waals surface area contributed by atoms with Crippen molar-refractivity contribution in [3.05, 3.63) is 15.8 Å². The van der Waals surface area contributed by atoms with E-state index in [2.05, 4.69) is 9.46 Å². The molecule has 1 aliphatic rings. The second-order valence-electron chi connectivity index (χ2n) is 5.22. The van der Waals surface area contributed by atoms with Crippen molar-refractivity contribution in [2.75, 3.05) is 13.7 Å². The van der Waals surface area contributed by atoms with Gasteiger partial charge in [0.1, 0.15) is 9.77 Å². The van der Waals surface area contributed by atoms with E-state index in [4.69, 9.17) is 5.73 Å². The second kappa shape index (κ2) is 7.74. The van der Waals surface area contributed by atoms with Crippen molar-refractivity contribution in [3.8, 4) is 0 Å². The van der Waals surface area contributed by atoms with E-state index in [1.807, 2.05) is 0 Å². The fourth-order valence-corrected chi connectivity index (χ4v) is 5.78. The van der Waals surface area contributed by atoms with Gasteiger partial charge in [-0.25, -0.2) is 17.9 Å². The van der Waals surface area contributed by atoms with Crippen LogP contribution in [0.1, 0.15) is 34.5 Å². The molecule has 0 saturated heterocycles. The van der Waals surface area contributed by atoms with Crippen LogP contribution in [0.5, 0.6) is 0 Å². The number of methoxy groups -OCH3 is 1. The maximum Gasteiger partial charge on any atom is 0.349 e. The average Bonchev–Trinajstić information content (AvgIpc) is 3.03. The molecule has 1 aliphatic carbocycles. The Morgan fingerprint density at radius 3 is 2.77 bits per heavy atom. The molecule has 0 amide bonds. The Bertz CT molecular complexity index is 630. The third kappa shape index (κ3) is 3.80. The van der Waals surface area contributed by atoms with Crippen molar-refractivity contribution in [1.82, 2.24) is 4.72 Å². The number of aryl methyl sites for hydroxylation is 1. The number of carbonyl (C=O) groups excluding carboxylic acids is 1. The molecule has 2 rings (SSSR count). The van der Waals surface area contributed by atoms with E-state index in [1.54, 1.807) is 12.3 Å². The van der Waals surface area contributed by atoms with Gasteiger partial charge in [0.05, 0.1) is 7.11 Å². The predicted molar refractivity (Wildman–Crippen MR) is 88.1 cm³/mol. The topological polar surface area (TPSA) is 98.5 Å². The molecule has 9 heteroatoms. The first kappa shape index (κ1) is 19.4. The highest BCUT2D eigenvalue weighted by Gasteiger charge is 2.34. The Kier molecular flexibility index (Phi) is 6.82. The van der Waals surface area contributed by atoms with Gasteiger partial charge in [0, 0.05) is 6.04 Å². The lowest BCUT2D eigenvalue weighted by atomic mass is 10.1. The first-order valence-electron chi connectivity index (χ1n) is 6.79. The van der Waals surface area contributed by atoms with Gasteiger partial charge in [-0.2, -0.15) is 0 Å². The zero-order chi connectivity index (χ0) is 15.6. The normalized spacial score (nSPS) is 21.4. The van der Waals surface area contributed by atoms with E-state index in [0.717, 1.165) is 30.6 Å².